The molecule has 1 heterocycles. The first-order valence-electron chi connectivity index (χ1n) is 9.67. The molecule has 162 valence electrons. The van der Waals surface area contributed by atoms with Crippen molar-refractivity contribution in [1.82, 2.24) is 4.90 Å². The van der Waals surface area contributed by atoms with E-state index in [1.54, 1.807) is 35.2 Å². The van der Waals surface area contributed by atoms with Crippen molar-refractivity contribution in [3.63, 3.8) is 0 Å². The van der Waals surface area contributed by atoms with Gasteiger partial charge in [-0.25, -0.2) is 16.8 Å². The fourth-order valence-electron chi connectivity index (χ4n) is 3.50. The van der Waals surface area contributed by atoms with Gasteiger partial charge < -0.3 is 9.64 Å². The van der Waals surface area contributed by atoms with Gasteiger partial charge in [-0.05, 0) is 49.2 Å². The average molecular weight is 452 g/mol. The van der Waals surface area contributed by atoms with Crippen LogP contribution in [0.3, 0.4) is 0 Å². The van der Waals surface area contributed by atoms with E-state index < -0.39 is 24.9 Å². The van der Waals surface area contributed by atoms with E-state index in [0.29, 0.717) is 31.7 Å². The molecule has 7 nitrogen and oxygen atoms in total. The van der Waals surface area contributed by atoms with E-state index in [2.05, 4.69) is 0 Å². The van der Waals surface area contributed by atoms with Crippen molar-refractivity contribution in [1.29, 1.82) is 0 Å². The number of amides is 1. The smallest absolute Gasteiger partial charge is 0.223 e. The number of hydrogen-bond donors (Lipinski definition) is 0. The number of rotatable bonds is 7. The molecule has 0 bridgehead atoms. The van der Waals surface area contributed by atoms with Gasteiger partial charge in [0.1, 0.15) is 5.75 Å². The van der Waals surface area contributed by atoms with Crippen molar-refractivity contribution in [3.05, 3.63) is 54.6 Å². The summed E-state index contributed by atoms with van der Waals surface area (Å²) in [4.78, 5) is 14.5. The number of carbonyl (C=O) groups is 1. The highest BCUT2D eigenvalue weighted by Gasteiger charge is 2.33. The normalized spacial score (nSPS) is 15.7. The minimum atomic E-state index is -3.52. The van der Waals surface area contributed by atoms with Crippen LogP contribution in [0.4, 0.5) is 0 Å². The zero-order valence-corrected chi connectivity index (χ0v) is 18.4. The molecule has 1 fully saturated rings. The molecule has 1 amide bonds. The van der Waals surface area contributed by atoms with Crippen molar-refractivity contribution >= 4 is 25.6 Å². The van der Waals surface area contributed by atoms with Gasteiger partial charge in [-0.1, -0.05) is 18.2 Å². The first-order chi connectivity index (χ1) is 14.2. The maximum atomic E-state index is 12.9. The number of sulfone groups is 2. The fraction of sp³-hybridized carbons (Fsp3) is 0.381. The van der Waals surface area contributed by atoms with Crippen LogP contribution < -0.4 is 4.74 Å². The second-order valence-corrected chi connectivity index (χ2v) is 11.5. The van der Waals surface area contributed by atoms with E-state index in [-0.39, 0.29) is 27.9 Å². The number of nitrogens with zero attached hydrogens (tertiary/aromatic N) is 1. The van der Waals surface area contributed by atoms with Gasteiger partial charge in [-0.3, -0.25) is 4.79 Å². The van der Waals surface area contributed by atoms with Gasteiger partial charge in [-0.2, -0.15) is 0 Å². The van der Waals surface area contributed by atoms with Crippen LogP contribution in [-0.4, -0.2) is 58.8 Å². The fourth-order valence-corrected chi connectivity index (χ4v) is 6.48. The van der Waals surface area contributed by atoms with E-state index in [4.69, 9.17) is 4.74 Å². The summed E-state index contributed by atoms with van der Waals surface area (Å²) in [6.07, 6.45) is 0.532. The summed E-state index contributed by atoms with van der Waals surface area (Å²) >= 11 is 0. The van der Waals surface area contributed by atoms with E-state index in [1.807, 2.05) is 0 Å². The van der Waals surface area contributed by atoms with Crippen molar-refractivity contribution in [2.75, 3.05) is 26.0 Å². The highest BCUT2D eigenvalue weighted by Crippen LogP contribution is 2.26. The molecule has 1 aliphatic heterocycles. The average Bonchev–Trinajstić information content (AvgIpc) is 2.78. The van der Waals surface area contributed by atoms with E-state index in [0.717, 1.165) is 0 Å². The molecule has 0 N–H and O–H groups in total. The number of methoxy groups -OCH3 is 1. The maximum Gasteiger partial charge on any atom is 0.223 e. The lowest BCUT2D eigenvalue weighted by atomic mass is 10.1. The Hall–Kier alpha value is -2.39. The molecule has 0 spiro atoms. The quantitative estimate of drug-likeness (QED) is 0.641. The second-order valence-electron chi connectivity index (χ2n) is 7.18. The number of ether oxygens (including phenoxy) is 1. The zero-order valence-electron chi connectivity index (χ0n) is 16.7. The highest BCUT2D eigenvalue weighted by molar-refractivity contribution is 7.92. The lowest BCUT2D eigenvalue weighted by molar-refractivity contribution is -0.131. The minimum absolute atomic E-state index is 0.118. The third kappa shape index (κ3) is 5.02. The molecular formula is C21H25NO6S2. The Balaban J connectivity index is 1.56. The van der Waals surface area contributed by atoms with E-state index >= 15 is 0 Å². The summed E-state index contributed by atoms with van der Waals surface area (Å²) < 4.78 is 55.5. The molecule has 30 heavy (non-hydrogen) atoms. The van der Waals surface area contributed by atoms with E-state index in [1.165, 1.54) is 31.4 Å². The Bertz CT molecular complexity index is 1070. The van der Waals surface area contributed by atoms with Crippen LogP contribution in [0.2, 0.25) is 0 Å². The van der Waals surface area contributed by atoms with E-state index in [9.17, 15) is 21.6 Å². The molecule has 0 radical (unpaired) electrons. The Kier molecular flexibility index (Phi) is 6.82. The van der Waals surface area contributed by atoms with Crippen molar-refractivity contribution in [2.24, 2.45) is 0 Å². The number of piperidine rings is 1. The molecular weight excluding hydrogens is 426 g/mol. The number of hydrogen-bond acceptors (Lipinski definition) is 6. The van der Waals surface area contributed by atoms with Gasteiger partial charge in [0.2, 0.25) is 5.91 Å². The molecule has 0 unspecified atom stereocenters. The van der Waals surface area contributed by atoms with Crippen LogP contribution in [0.25, 0.3) is 0 Å². The molecule has 0 saturated carbocycles. The summed E-state index contributed by atoms with van der Waals surface area (Å²) in [5.74, 6) is 0.0505. The van der Waals surface area contributed by atoms with Crippen LogP contribution >= 0.6 is 0 Å². The molecule has 9 heteroatoms. The predicted molar refractivity (Wildman–Crippen MR) is 113 cm³/mol. The lowest BCUT2D eigenvalue weighted by Crippen LogP contribution is -2.42. The van der Waals surface area contributed by atoms with Gasteiger partial charge in [0.25, 0.3) is 0 Å². The summed E-state index contributed by atoms with van der Waals surface area (Å²) in [5.41, 5.74) is 0. The zero-order chi connectivity index (χ0) is 21.8. The maximum absolute atomic E-state index is 12.9. The first kappa shape index (κ1) is 22.3. The van der Waals surface area contributed by atoms with Gasteiger partial charge in [0.15, 0.2) is 19.7 Å². The van der Waals surface area contributed by atoms with Gasteiger partial charge in [-0.15, -0.1) is 0 Å². The number of carbonyl (C=O) groups excluding carboxylic acids is 1. The molecule has 2 aromatic rings. The standard InChI is InChI=1S/C21H25NO6S2/c1-28-17-7-9-19(10-8-17)30(26,27)20-11-14-22(15-12-20)21(23)13-16-29(24,25)18-5-3-2-4-6-18/h2-10,20H,11-16H2,1H3. The Morgan fingerprint density at radius 2 is 1.53 bits per heavy atom. The molecule has 2 aromatic carbocycles. The highest BCUT2D eigenvalue weighted by atomic mass is 32.2. The Labute approximate surface area is 177 Å². The van der Waals surface area contributed by atoms with Gasteiger partial charge in [0, 0.05) is 19.5 Å². The Morgan fingerprint density at radius 3 is 2.10 bits per heavy atom. The van der Waals surface area contributed by atoms with Crippen LogP contribution in [0.5, 0.6) is 5.75 Å². The van der Waals surface area contributed by atoms with Crippen LogP contribution in [0, 0.1) is 0 Å². The van der Waals surface area contributed by atoms with Gasteiger partial charge >= 0.3 is 0 Å². The van der Waals surface area contributed by atoms with Crippen molar-refractivity contribution in [2.45, 2.75) is 34.3 Å². The first-order valence-corrected chi connectivity index (χ1v) is 12.9. The minimum Gasteiger partial charge on any atom is -0.497 e. The number of benzene rings is 2. The molecule has 1 saturated heterocycles. The monoisotopic (exact) mass is 451 g/mol. The largest absolute Gasteiger partial charge is 0.497 e. The predicted octanol–water partition coefficient (Wildman–Crippen LogP) is 2.32. The van der Waals surface area contributed by atoms with Crippen LogP contribution in [0.15, 0.2) is 64.4 Å². The van der Waals surface area contributed by atoms with Crippen LogP contribution in [-0.2, 0) is 24.5 Å². The summed E-state index contributed by atoms with van der Waals surface area (Å²) in [5, 5.41) is -0.567. The third-order valence-electron chi connectivity index (χ3n) is 5.31. The lowest BCUT2D eigenvalue weighted by Gasteiger charge is -2.31. The van der Waals surface area contributed by atoms with Crippen molar-refractivity contribution in [3.8, 4) is 5.75 Å². The Morgan fingerprint density at radius 1 is 0.933 bits per heavy atom. The van der Waals surface area contributed by atoms with Gasteiger partial charge in [0.05, 0.1) is 27.9 Å². The molecule has 3 rings (SSSR count). The molecule has 0 aromatic heterocycles. The van der Waals surface area contributed by atoms with Crippen molar-refractivity contribution < 1.29 is 26.4 Å². The SMILES string of the molecule is COc1ccc(S(=O)(=O)C2CCN(C(=O)CCS(=O)(=O)c3ccccc3)CC2)cc1. The summed E-state index contributed by atoms with van der Waals surface area (Å²) in [7, 11) is -5.51. The molecule has 0 aliphatic carbocycles. The van der Waals surface area contributed by atoms with Crippen LogP contribution in [0.1, 0.15) is 19.3 Å². The second kappa shape index (κ2) is 9.18. The number of likely N-dealkylation sites (tertiary alicyclic amines) is 1. The topological polar surface area (TPSA) is 97.8 Å². The molecule has 1 aliphatic rings. The summed E-state index contributed by atoms with van der Waals surface area (Å²) in [6.45, 7) is 0.592. The molecule has 0 atom stereocenters. The summed E-state index contributed by atoms with van der Waals surface area (Å²) in [6, 6.07) is 14.3. The third-order valence-corrected chi connectivity index (χ3v) is 9.32.